The molecule has 2 rings (SSSR count). The molecule has 6 nitrogen and oxygen atoms in total. The molecule has 118 valence electrons. The van der Waals surface area contributed by atoms with Crippen molar-refractivity contribution in [2.45, 2.75) is 39.2 Å². The van der Waals surface area contributed by atoms with Crippen LogP contribution in [0.2, 0.25) is 0 Å². The highest BCUT2D eigenvalue weighted by atomic mass is 32.2. The van der Waals surface area contributed by atoms with Gasteiger partial charge in [-0.25, -0.2) is 4.79 Å². The second-order valence-electron chi connectivity index (χ2n) is 6.29. The molecule has 2 amide bonds. The molecule has 0 aromatic heterocycles. The first-order valence-corrected chi connectivity index (χ1v) is 8.30. The average molecular weight is 313 g/mol. The Morgan fingerprint density at radius 2 is 2.19 bits per heavy atom. The van der Waals surface area contributed by atoms with Crippen molar-refractivity contribution in [2.24, 2.45) is 10.9 Å². The van der Waals surface area contributed by atoms with Crippen molar-refractivity contribution in [3.63, 3.8) is 0 Å². The predicted octanol–water partition coefficient (Wildman–Crippen LogP) is 1.85. The van der Waals surface area contributed by atoms with Crippen LogP contribution in [0.5, 0.6) is 0 Å². The van der Waals surface area contributed by atoms with E-state index in [0.29, 0.717) is 18.3 Å². The SMILES string of the molecule is CC(C)(C)OC(=O)N1CCC[C@H](C(=O)NC2=NCCS2)C1. The number of ether oxygens (including phenoxy) is 1. The highest BCUT2D eigenvalue weighted by Gasteiger charge is 2.31. The lowest BCUT2D eigenvalue weighted by atomic mass is 9.97. The fraction of sp³-hybridized carbons (Fsp3) is 0.786. The van der Waals surface area contributed by atoms with Crippen molar-refractivity contribution in [3.8, 4) is 0 Å². The molecule has 0 unspecified atom stereocenters. The molecule has 0 spiro atoms. The molecule has 21 heavy (non-hydrogen) atoms. The highest BCUT2D eigenvalue weighted by Crippen LogP contribution is 2.20. The summed E-state index contributed by atoms with van der Waals surface area (Å²) in [6.07, 6.45) is 1.27. The number of piperidine rings is 1. The van der Waals surface area contributed by atoms with E-state index in [0.717, 1.165) is 25.1 Å². The molecule has 1 saturated heterocycles. The first-order chi connectivity index (χ1) is 9.85. The van der Waals surface area contributed by atoms with Crippen LogP contribution in [0.15, 0.2) is 4.99 Å². The van der Waals surface area contributed by atoms with E-state index in [2.05, 4.69) is 10.3 Å². The number of hydrogen-bond acceptors (Lipinski definition) is 5. The van der Waals surface area contributed by atoms with Crippen LogP contribution in [0, 0.1) is 5.92 Å². The van der Waals surface area contributed by atoms with E-state index in [9.17, 15) is 9.59 Å². The number of nitrogens with zero attached hydrogens (tertiary/aromatic N) is 2. The summed E-state index contributed by atoms with van der Waals surface area (Å²) in [5.41, 5.74) is -0.512. The number of carbonyl (C=O) groups excluding carboxylic acids is 2. The van der Waals surface area contributed by atoms with Crippen molar-refractivity contribution >= 4 is 28.9 Å². The number of amides is 2. The third-order valence-corrected chi connectivity index (χ3v) is 4.15. The molecule has 1 N–H and O–H groups in total. The quantitative estimate of drug-likeness (QED) is 0.802. The zero-order valence-electron chi connectivity index (χ0n) is 12.8. The van der Waals surface area contributed by atoms with E-state index in [1.54, 1.807) is 16.7 Å². The number of aliphatic imine (C=N–C) groups is 1. The minimum Gasteiger partial charge on any atom is -0.444 e. The van der Waals surface area contributed by atoms with Crippen LogP contribution in [-0.2, 0) is 9.53 Å². The van der Waals surface area contributed by atoms with Crippen LogP contribution in [0.3, 0.4) is 0 Å². The highest BCUT2D eigenvalue weighted by molar-refractivity contribution is 8.14. The number of thioether (sulfide) groups is 1. The lowest BCUT2D eigenvalue weighted by Gasteiger charge is -2.33. The van der Waals surface area contributed by atoms with E-state index >= 15 is 0 Å². The third-order valence-electron chi connectivity index (χ3n) is 3.26. The maximum absolute atomic E-state index is 12.2. The molecule has 2 heterocycles. The van der Waals surface area contributed by atoms with E-state index in [1.807, 2.05) is 20.8 Å². The normalized spacial score (nSPS) is 22.7. The number of carbonyl (C=O) groups is 2. The van der Waals surface area contributed by atoms with Gasteiger partial charge in [0.15, 0.2) is 5.17 Å². The van der Waals surface area contributed by atoms with E-state index in [4.69, 9.17) is 4.74 Å². The standard InChI is InChI=1S/C14H23N3O3S/c1-14(2,3)20-13(19)17-7-4-5-10(9-17)11(18)16-12-15-6-8-21-12/h10H,4-9H2,1-3H3,(H,15,16,18)/t10-/m0/s1. The summed E-state index contributed by atoms with van der Waals surface area (Å²) >= 11 is 1.56. The van der Waals surface area contributed by atoms with Gasteiger partial charge in [-0.3, -0.25) is 9.79 Å². The van der Waals surface area contributed by atoms with Crippen LogP contribution in [0.4, 0.5) is 4.79 Å². The van der Waals surface area contributed by atoms with Crippen LogP contribution in [0.1, 0.15) is 33.6 Å². The van der Waals surface area contributed by atoms with Crippen molar-refractivity contribution in [2.75, 3.05) is 25.4 Å². The molecule has 0 radical (unpaired) electrons. The Morgan fingerprint density at radius 3 is 2.81 bits per heavy atom. The molecule has 7 heteroatoms. The predicted molar refractivity (Wildman–Crippen MR) is 83.4 cm³/mol. The molecule has 1 atom stereocenters. The molecule has 0 aromatic carbocycles. The van der Waals surface area contributed by atoms with Gasteiger partial charge >= 0.3 is 6.09 Å². The van der Waals surface area contributed by atoms with Crippen molar-refractivity contribution in [1.29, 1.82) is 0 Å². The van der Waals surface area contributed by atoms with Crippen molar-refractivity contribution < 1.29 is 14.3 Å². The van der Waals surface area contributed by atoms with Crippen LogP contribution >= 0.6 is 11.8 Å². The number of nitrogens with one attached hydrogen (secondary N) is 1. The molecule has 0 aromatic rings. The zero-order chi connectivity index (χ0) is 15.5. The number of rotatable bonds is 1. The molecular formula is C14H23N3O3S. The van der Waals surface area contributed by atoms with Gasteiger partial charge in [-0.2, -0.15) is 0 Å². The lowest BCUT2D eigenvalue weighted by Crippen LogP contribution is -2.47. The van der Waals surface area contributed by atoms with Gasteiger partial charge in [-0.05, 0) is 33.6 Å². The monoisotopic (exact) mass is 313 g/mol. The number of likely N-dealkylation sites (tertiary alicyclic amines) is 1. The average Bonchev–Trinajstić information content (AvgIpc) is 2.90. The lowest BCUT2D eigenvalue weighted by molar-refractivity contribution is -0.125. The van der Waals surface area contributed by atoms with Gasteiger partial charge in [0.05, 0.1) is 12.5 Å². The summed E-state index contributed by atoms with van der Waals surface area (Å²) in [5.74, 6) is 0.691. The fourth-order valence-electron chi connectivity index (χ4n) is 2.30. The van der Waals surface area contributed by atoms with E-state index in [-0.39, 0.29) is 17.9 Å². The molecule has 1 fully saturated rings. The number of amidine groups is 1. The Morgan fingerprint density at radius 1 is 1.43 bits per heavy atom. The van der Waals surface area contributed by atoms with Gasteiger partial charge in [-0.1, -0.05) is 11.8 Å². The second kappa shape index (κ2) is 6.68. The summed E-state index contributed by atoms with van der Waals surface area (Å²) in [5, 5.41) is 3.55. The summed E-state index contributed by atoms with van der Waals surface area (Å²) in [6.45, 7) is 7.35. The van der Waals surface area contributed by atoms with Crippen LogP contribution < -0.4 is 5.32 Å². The van der Waals surface area contributed by atoms with Crippen molar-refractivity contribution in [1.82, 2.24) is 10.2 Å². The van der Waals surface area contributed by atoms with Crippen molar-refractivity contribution in [3.05, 3.63) is 0 Å². The van der Waals surface area contributed by atoms with Gasteiger partial charge in [-0.15, -0.1) is 0 Å². The van der Waals surface area contributed by atoms with Gasteiger partial charge < -0.3 is 15.0 Å². The Balaban J connectivity index is 1.87. The summed E-state index contributed by atoms with van der Waals surface area (Å²) in [6, 6.07) is 0. The van der Waals surface area contributed by atoms with E-state index in [1.165, 1.54) is 0 Å². The van der Waals surface area contributed by atoms with Crippen LogP contribution in [-0.4, -0.2) is 53.1 Å². The second-order valence-corrected chi connectivity index (χ2v) is 7.37. The molecular weight excluding hydrogens is 290 g/mol. The number of hydrogen-bond donors (Lipinski definition) is 1. The fourth-order valence-corrected chi connectivity index (χ4v) is 3.03. The Bertz CT molecular complexity index is 445. The van der Waals surface area contributed by atoms with Gasteiger partial charge in [0.25, 0.3) is 0 Å². The minimum absolute atomic E-state index is 0.0450. The zero-order valence-corrected chi connectivity index (χ0v) is 13.7. The molecule has 0 bridgehead atoms. The Hall–Kier alpha value is -1.24. The van der Waals surface area contributed by atoms with Gasteiger partial charge in [0.1, 0.15) is 5.60 Å². The molecule has 2 aliphatic rings. The maximum Gasteiger partial charge on any atom is 0.410 e. The minimum atomic E-state index is -0.512. The third kappa shape index (κ3) is 4.91. The Labute approximate surface area is 129 Å². The van der Waals surface area contributed by atoms with Gasteiger partial charge in [0, 0.05) is 18.8 Å². The molecule has 2 aliphatic heterocycles. The summed E-state index contributed by atoms with van der Waals surface area (Å²) in [7, 11) is 0. The maximum atomic E-state index is 12.2. The topological polar surface area (TPSA) is 71.0 Å². The Kier molecular flexibility index (Phi) is 5.13. The first kappa shape index (κ1) is 16.1. The summed E-state index contributed by atoms with van der Waals surface area (Å²) < 4.78 is 5.37. The largest absolute Gasteiger partial charge is 0.444 e. The smallest absolute Gasteiger partial charge is 0.410 e. The first-order valence-electron chi connectivity index (χ1n) is 7.31. The van der Waals surface area contributed by atoms with Crippen LogP contribution in [0.25, 0.3) is 0 Å². The molecule has 0 aliphatic carbocycles. The van der Waals surface area contributed by atoms with E-state index < -0.39 is 5.60 Å². The molecule has 0 saturated carbocycles. The summed E-state index contributed by atoms with van der Waals surface area (Å²) in [4.78, 5) is 30.1. The van der Waals surface area contributed by atoms with Gasteiger partial charge in [0.2, 0.25) is 5.91 Å².